The summed E-state index contributed by atoms with van der Waals surface area (Å²) in [5, 5.41) is 14.6. The number of halogens is 3. The van der Waals surface area contributed by atoms with Crippen LogP contribution >= 0.6 is 0 Å². The average Bonchev–Trinajstić information content (AvgIpc) is 2.39. The highest BCUT2D eigenvalue weighted by molar-refractivity contribution is 5.57. The van der Waals surface area contributed by atoms with Crippen LogP contribution in [-0.4, -0.2) is 40.4 Å². The number of nitrogens with one attached hydrogen (secondary N) is 2. The van der Waals surface area contributed by atoms with Crippen LogP contribution in [0, 0.1) is 6.92 Å². The van der Waals surface area contributed by atoms with E-state index in [-0.39, 0.29) is 0 Å². The number of aryl methyl sites for hydroxylation is 1. The summed E-state index contributed by atoms with van der Waals surface area (Å²) in [5.74, 6) is 1.47. The molecule has 0 fully saturated rings. The van der Waals surface area contributed by atoms with Crippen LogP contribution in [0.3, 0.4) is 0 Å². The summed E-state index contributed by atoms with van der Waals surface area (Å²) >= 11 is 0. The van der Waals surface area contributed by atoms with Gasteiger partial charge in [0, 0.05) is 18.5 Å². The van der Waals surface area contributed by atoms with Gasteiger partial charge >= 0.3 is 6.18 Å². The molecular weight excluding hydrogens is 285 g/mol. The standard InChI is InChI=1S/C13H21F3N4O/c1-4-6-10-19-11(17-5-2)8(3)12(20-10)18-7-9(21)13(14,15)16/h9,21H,4-7H2,1-3H3,(H2,17,18,19,20). The van der Waals surface area contributed by atoms with Crippen LogP contribution in [0.25, 0.3) is 0 Å². The van der Waals surface area contributed by atoms with E-state index in [2.05, 4.69) is 20.6 Å². The molecule has 0 aliphatic carbocycles. The number of nitrogens with zero attached hydrogens (tertiary/aromatic N) is 2. The monoisotopic (exact) mass is 306 g/mol. The topological polar surface area (TPSA) is 70.1 Å². The molecule has 5 nitrogen and oxygen atoms in total. The van der Waals surface area contributed by atoms with E-state index in [1.165, 1.54) is 0 Å². The first-order chi connectivity index (χ1) is 9.79. The van der Waals surface area contributed by atoms with Crippen molar-refractivity contribution in [3.63, 3.8) is 0 Å². The Hall–Kier alpha value is -1.57. The number of alkyl halides is 3. The van der Waals surface area contributed by atoms with Gasteiger partial charge in [-0.1, -0.05) is 6.92 Å². The third-order valence-electron chi connectivity index (χ3n) is 2.85. The zero-order valence-corrected chi connectivity index (χ0v) is 12.4. The normalized spacial score (nSPS) is 13.1. The number of rotatable bonds is 7. The fourth-order valence-electron chi connectivity index (χ4n) is 1.72. The smallest absolute Gasteiger partial charge is 0.382 e. The van der Waals surface area contributed by atoms with Crippen molar-refractivity contribution in [1.29, 1.82) is 0 Å². The molecular formula is C13H21F3N4O. The van der Waals surface area contributed by atoms with Gasteiger partial charge in [-0.2, -0.15) is 13.2 Å². The second kappa shape index (κ2) is 7.44. The van der Waals surface area contributed by atoms with Crippen LogP contribution in [0.15, 0.2) is 0 Å². The average molecular weight is 306 g/mol. The van der Waals surface area contributed by atoms with E-state index >= 15 is 0 Å². The molecule has 8 heteroatoms. The Balaban J connectivity index is 2.93. The first kappa shape index (κ1) is 17.5. The summed E-state index contributed by atoms with van der Waals surface area (Å²) in [6, 6.07) is 0. The molecule has 0 saturated heterocycles. The largest absolute Gasteiger partial charge is 0.416 e. The Morgan fingerprint density at radius 3 is 2.19 bits per heavy atom. The Bertz CT molecular complexity index is 465. The Kier molecular flexibility index (Phi) is 6.19. The highest BCUT2D eigenvalue weighted by Crippen LogP contribution is 2.23. The van der Waals surface area contributed by atoms with Crippen molar-refractivity contribution >= 4 is 11.6 Å². The Morgan fingerprint density at radius 2 is 1.71 bits per heavy atom. The summed E-state index contributed by atoms with van der Waals surface area (Å²) < 4.78 is 37.0. The number of hydrogen-bond acceptors (Lipinski definition) is 5. The van der Waals surface area contributed by atoms with Crippen LogP contribution in [0.2, 0.25) is 0 Å². The van der Waals surface area contributed by atoms with Crippen LogP contribution < -0.4 is 10.6 Å². The van der Waals surface area contributed by atoms with Gasteiger partial charge in [0.05, 0.1) is 6.54 Å². The van der Waals surface area contributed by atoms with Crippen molar-refractivity contribution in [2.24, 2.45) is 0 Å². The quantitative estimate of drug-likeness (QED) is 0.722. The lowest BCUT2D eigenvalue weighted by Gasteiger charge is -2.18. The second-order valence-corrected chi connectivity index (χ2v) is 4.68. The Labute approximate surface area is 122 Å². The number of aromatic nitrogens is 2. The first-order valence-corrected chi connectivity index (χ1v) is 6.89. The molecule has 1 unspecified atom stereocenters. The van der Waals surface area contributed by atoms with Crippen LogP contribution in [0.4, 0.5) is 24.8 Å². The van der Waals surface area contributed by atoms with Gasteiger partial charge in [0.1, 0.15) is 17.5 Å². The summed E-state index contributed by atoms with van der Waals surface area (Å²) in [4.78, 5) is 8.56. The van der Waals surface area contributed by atoms with E-state index in [9.17, 15) is 13.2 Å². The van der Waals surface area contributed by atoms with E-state index in [1.807, 2.05) is 13.8 Å². The summed E-state index contributed by atoms with van der Waals surface area (Å²) in [6.45, 7) is 5.60. The highest BCUT2D eigenvalue weighted by Gasteiger charge is 2.38. The van der Waals surface area contributed by atoms with Crippen molar-refractivity contribution in [1.82, 2.24) is 9.97 Å². The molecule has 1 aromatic heterocycles. The summed E-state index contributed by atoms with van der Waals surface area (Å²) in [7, 11) is 0. The molecule has 1 heterocycles. The molecule has 0 aliphatic heterocycles. The van der Waals surface area contributed by atoms with Crippen LogP contribution in [-0.2, 0) is 6.42 Å². The molecule has 21 heavy (non-hydrogen) atoms. The fraction of sp³-hybridized carbons (Fsp3) is 0.692. The van der Waals surface area contributed by atoms with Crippen molar-refractivity contribution in [2.75, 3.05) is 23.7 Å². The predicted octanol–water partition coefficient (Wildman–Crippen LogP) is 2.50. The van der Waals surface area contributed by atoms with Crippen molar-refractivity contribution in [3.05, 3.63) is 11.4 Å². The van der Waals surface area contributed by atoms with E-state index < -0.39 is 18.8 Å². The molecule has 0 radical (unpaired) electrons. The van der Waals surface area contributed by atoms with Gasteiger partial charge in [0.25, 0.3) is 0 Å². The first-order valence-electron chi connectivity index (χ1n) is 6.89. The minimum absolute atomic E-state index is 0.313. The van der Waals surface area contributed by atoms with Crippen LogP contribution in [0.1, 0.15) is 31.7 Å². The van der Waals surface area contributed by atoms with Crippen LogP contribution in [0.5, 0.6) is 0 Å². The Morgan fingerprint density at radius 1 is 1.14 bits per heavy atom. The minimum atomic E-state index is -4.65. The minimum Gasteiger partial charge on any atom is -0.382 e. The van der Waals surface area contributed by atoms with Gasteiger partial charge in [-0.3, -0.25) is 0 Å². The van der Waals surface area contributed by atoms with Gasteiger partial charge in [-0.15, -0.1) is 0 Å². The summed E-state index contributed by atoms with van der Waals surface area (Å²) in [5.41, 5.74) is 0.631. The molecule has 0 bridgehead atoms. The highest BCUT2D eigenvalue weighted by atomic mass is 19.4. The third-order valence-corrected chi connectivity index (χ3v) is 2.85. The zero-order chi connectivity index (χ0) is 16.0. The lowest BCUT2D eigenvalue weighted by molar-refractivity contribution is -0.198. The molecule has 1 aromatic rings. The molecule has 0 amide bonds. The second-order valence-electron chi connectivity index (χ2n) is 4.68. The van der Waals surface area contributed by atoms with E-state index in [0.29, 0.717) is 36.0 Å². The van der Waals surface area contributed by atoms with Crippen molar-refractivity contribution in [2.45, 2.75) is 45.9 Å². The van der Waals surface area contributed by atoms with E-state index in [0.717, 1.165) is 6.42 Å². The molecule has 0 aliphatic rings. The van der Waals surface area contributed by atoms with Gasteiger partial charge in [0.2, 0.25) is 0 Å². The van der Waals surface area contributed by atoms with Gasteiger partial charge in [0.15, 0.2) is 6.10 Å². The van der Waals surface area contributed by atoms with Crippen molar-refractivity contribution in [3.8, 4) is 0 Å². The molecule has 0 aromatic carbocycles. The van der Waals surface area contributed by atoms with Crippen molar-refractivity contribution < 1.29 is 18.3 Å². The predicted molar refractivity (Wildman–Crippen MR) is 75.5 cm³/mol. The van der Waals surface area contributed by atoms with Gasteiger partial charge < -0.3 is 15.7 Å². The van der Waals surface area contributed by atoms with E-state index in [1.54, 1.807) is 6.92 Å². The number of aliphatic hydroxyl groups is 1. The lowest BCUT2D eigenvalue weighted by atomic mass is 10.2. The van der Waals surface area contributed by atoms with Gasteiger partial charge in [-0.25, -0.2) is 9.97 Å². The maximum atomic E-state index is 12.3. The maximum absolute atomic E-state index is 12.3. The molecule has 0 spiro atoms. The fourth-order valence-corrected chi connectivity index (χ4v) is 1.72. The maximum Gasteiger partial charge on any atom is 0.416 e. The number of hydrogen-bond donors (Lipinski definition) is 3. The molecule has 3 N–H and O–H groups in total. The van der Waals surface area contributed by atoms with Gasteiger partial charge in [-0.05, 0) is 20.3 Å². The SMILES string of the molecule is CCCc1nc(NCC)c(C)c(NCC(O)C(F)(F)F)n1. The zero-order valence-electron chi connectivity index (χ0n) is 12.4. The molecule has 0 saturated carbocycles. The summed E-state index contributed by atoms with van der Waals surface area (Å²) in [6.07, 6.45) is -5.61. The lowest BCUT2D eigenvalue weighted by Crippen LogP contribution is -2.35. The molecule has 1 rings (SSSR count). The van der Waals surface area contributed by atoms with E-state index in [4.69, 9.17) is 5.11 Å². The molecule has 1 atom stereocenters. The molecule has 120 valence electrons. The number of anilines is 2. The third kappa shape index (κ3) is 5.04. The number of aliphatic hydroxyl groups excluding tert-OH is 1.